The second-order valence-corrected chi connectivity index (χ2v) is 4.74. The van der Waals surface area contributed by atoms with Gasteiger partial charge in [-0.05, 0) is 0 Å². The minimum absolute atomic E-state index is 0.0591. The van der Waals surface area contributed by atoms with Gasteiger partial charge in [-0.25, -0.2) is 18.3 Å². The Morgan fingerprint density at radius 1 is 1.48 bits per heavy atom. The van der Waals surface area contributed by atoms with Crippen molar-refractivity contribution in [2.75, 3.05) is 12.3 Å². The monoisotopic (exact) mass is 302 g/mol. The van der Waals surface area contributed by atoms with Gasteiger partial charge in [0.2, 0.25) is 0 Å². The first-order valence-electron chi connectivity index (χ1n) is 6.00. The molecule has 0 unspecified atom stereocenters. The number of rotatable bonds is 2. The van der Waals surface area contributed by atoms with Crippen molar-refractivity contribution in [2.45, 2.75) is 24.2 Å². The Labute approximate surface area is 116 Å². The Morgan fingerprint density at radius 2 is 2.19 bits per heavy atom. The third-order valence-corrected chi connectivity index (χ3v) is 3.47. The summed E-state index contributed by atoms with van der Waals surface area (Å²) < 4.78 is 33.8. The quantitative estimate of drug-likeness (QED) is 0.555. The molecule has 0 spiro atoms. The van der Waals surface area contributed by atoms with Crippen LogP contribution in [0.4, 0.5) is 14.6 Å². The van der Waals surface area contributed by atoms with Crippen LogP contribution < -0.4 is 5.73 Å². The minimum Gasteiger partial charge on any atom is -0.390 e. The summed E-state index contributed by atoms with van der Waals surface area (Å²) in [6, 6.07) is 0.949. The summed E-state index contributed by atoms with van der Waals surface area (Å²) in [4.78, 5) is 3.63. The van der Waals surface area contributed by atoms with E-state index < -0.39 is 36.6 Å². The van der Waals surface area contributed by atoms with Crippen LogP contribution >= 0.6 is 0 Å². The summed E-state index contributed by atoms with van der Waals surface area (Å²) in [6.45, 7) is -1.16. The number of hydrogen-bond donors (Lipinski definition) is 4. The second-order valence-electron chi connectivity index (χ2n) is 4.74. The molecule has 2 aromatic heterocycles. The molecule has 2 aromatic rings. The predicted molar refractivity (Wildman–Crippen MR) is 64.1 cm³/mol. The van der Waals surface area contributed by atoms with Gasteiger partial charge in [0.1, 0.15) is 36.8 Å². The van der Waals surface area contributed by atoms with Gasteiger partial charge in [-0.2, -0.15) is 5.10 Å². The van der Waals surface area contributed by atoms with Crippen LogP contribution in [-0.2, 0) is 4.74 Å². The second kappa shape index (κ2) is 4.56. The SMILES string of the molecule is Nc1ncnn2c([C@@H]3O[C@](F)(CO)[C@@H](O)[C@H]3O)cc(F)c12. The number of alkyl halides is 1. The largest absolute Gasteiger partial charge is 0.390 e. The van der Waals surface area contributed by atoms with E-state index in [0.717, 1.165) is 16.9 Å². The van der Waals surface area contributed by atoms with Crippen LogP contribution in [0.3, 0.4) is 0 Å². The van der Waals surface area contributed by atoms with E-state index in [2.05, 4.69) is 10.1 Å². The number of aliphatic hydroxyl groups is 3. The summed E-state index contributed by atoms with van der Waals surface area (Å²) in [5.74, 6) is -3.77. The van der Waals surface area contributed by atoms with Gasteiger partial charge in [0.05, 0.1) is 5.69 Å². The zero-order valence-electron chi connectivity index (χ0n) is 10.5. The molecule has 10 heteroatoms. The lowest BCUT2D eigenvalue weighted by molar-refractivity contribution is -0.197. The van der Waals surface area contributed by atoms with Gasteiger partial charge in [-0.3, -0.25) is 0 Å². The average molecular weight is 302 g/mol. The molecule has 0 bridgehead atoms. The maximum Gasteiger partial charge on any atom is 0.262 e. The molecule has 4 atom stereocenters. The smallest absolute Gasteiger partial charge is 0.262 e. The molecule has 1 saturated heterocycles. The highest BCUT2D eigenvalue weighted by molar-refractivity contribution is 5.66. The first kappa shape index (κ1) is 14.1. The van der Waals surface area contributed by atoms with Gasteiger partial charge in [-0.1, -0.05) is 0 Å². The van der Waals surface area contributed by atoms with Gasteiger partial charge in [0, 0.05) is 6.07 Å². The summed E-state index contributed by atoms with van der Waals surface area (Å²) in [5, 5.41) is 32.2. The summed E-state index contributed by atoms with van der Waals surface area (Å²) in [7, 11) is 0. The van der Waals surface area contributed by atoms with Crippen LogP contribution in [0.15, 0.2) is 12.4 Å². The molecule has 0 saturated carbocycles. The van der Waals surface area contributed by atoms with Crippen molar-refractivity contribution in [1.82, 2.24) is 14.6 Å². The molecule has 3 rings (SSSR count). The molecule has 8 nitrogen and oxygen atoms in total. The minimum atomic E-state index is -2.84. The maximum absolute atomic E-state index is 14.1. The van der Waals surface area contributed by atoms with Crippen LogP contribution in [0.25, 0.3) is 5.52 Å². The van der Waals surface area contributed by atoms with Crippen molar-refractivity contribution in [1.29, 1.82) is 0 Å². The fraction of sp³-hybridized carbons (Fsp3) is 0.455. The lowest BCUT2D eigenvalue weighted by Crippen LogP contribution is -2.42. The van der Waals surface area contributed by atoms with E-state index in [1.54, 1.807) is 0 Å². The summed E-state index contributed by atoms with van der Waals surface area (Å²) >= 11 is 0. The van der Waals surface area contributed by atoms with E-state index in [0.29, 0.717) is 0 Å². The van der Waals surface area contributed by atoms with Crippen molar-refractivity contribution < 1.29 is 28.8 Å². The number of aromatic nitrogens is 3. The zero-order valence-corrected chi connectivity index (χ0v) is 10.5. The number of ether oxygens (including phenoxy) is 1. The molecule has 3 heterocycles. The maximum atomic E-state index is 14.1. The average Bonchev–Trinajstić information content (AvgIpc) is 2.91. The fourth-order valence-electron chi connectivity index (χ4n) is 2.39. The molecular formula is C11H12F2N4O4. The van der Waals surface area contributed by atoms with Crippen LogP contribution in [0.5, 0.6) is 0 Å². The zero-order chi connectivity index (χ0) is 15.4. The van der Waals surface area contributed by atoms with E-state index in [9.17, 15) is 19.0 Å². The number of nitrogens with two attached hydrogens (primary N) is 1. The highest BCUT2D eigenvalue weighted by Crippen LogP contribution is 2.41. The van der Waals surface area contributed by atoms with E-state index in [1.165, 1.54) is 0 Å². The van der Waals surface area contributed by atoms with Gasteiger partial charge >= 0.3 is 0 Å². The Balaban J connectivity index is 2.12. The number of halogens is 2. The molecule has 0 radical (unpaired) electrons. The van der Waals surface area contributed by atoms with E-state index in [1.807, 2.05) is 0 Å². The number of nitrogen functional groups attached to an aromatic ring is 1. The van der Waals surface area contributed by atoms with Gasteiger partial charge in [0.15, 0.2) is 11.6 Å². The van der Waals surface area contributed by atoms with Crippen molar-refractivity contribution in [3.63, 3.8) is 0 Å². The molecule has 1 aliphatic rings. The number of anilines is 1. The third kappa shape index (κ3) is 1.87. The van der Waals surface area contributed by atoms with E-state index in [-0.39, 0.29) is 17.0 Å². The Bertz CT molecular complexity index is 696. The Morgan fingerprint density at radius 3 is 2.81 bits per heavy atom. The standard InChI is InChI=1S/C11H12F2N4O4/c12-4-1-5(17-6(4)10(14)15-3-16-17)8-7(19)9(20)11(13,2-18)21-8/h1,3,7-9,18-20H,2H2,(H2,14,15,16)/t7-,8-,9-,11+/m0/s1. The van der Waals surface area contributed by atoms with Gasteiger partial charge in [0.25, 0.3) is 5.85 Å². The first-order chi connectivity index (χ1) is 9.89. The summed E-state index contributed by atoms with van der Waals surface area (Å²) in [5.41, 5.74) is 5.32. The molecule has 21 heavy (non-hydrogen) atoms. The third-order valence-electron chi connectivity index (χ3n) is 3.47. The van der Waals surface area contributed by atoms with Gasteiger partial charge in [-0.15, -0.1) is 0 Å². The van der Waals surface area contributed by atoms with Crippen LogP contribution in [0.2, 0.25) is 0 Å². The highest BCUT2D eigenvalue weighted by Gasteiger charge is 2.56. The highest BCUT2D eigenvalue weighted by atomic mass is 19.2. The number of hydrogen-bond acceptors (Lipinski definition) is 7. The topological polar surface area (TPSA) is 126 Å². The van der Waals surface area contributed by atoms with Gasteiger partial charge < -0.3 is 25.8 Å². The lowest BCUT2D eigenvalue weighted by Gasteiger charge is -2.19. The molecule has 1 aliphatic heterocycles. The Kier molecular flexibility index (Phi) is 3.06. The number of aliphatic hydroxyl groups excluding tert-OH is 3. The molecule has 5 N–H and O–H groups in total. The van der Waals surface area contributed by atoms with E-state index in [4.69, 9.17) is 15.6 Å². The normalized spacial score (nSPS) is 32.9. The summed E-state index contributed by atoms with van der Waals surface area (Å²) in [6.07, 6.45) is -4.07. The number of nitrogens with zero attached hydrogens (tertiary/aromatic N) is 3. The fourth-order valence-corrected chi connectivity index (χ4v) is 2.39. The van der Waals surface area contributed by atoms with Crippen molar-refractivity contribution in [3.8, 4) is 0 Å². The molecule has 0 amide bonds. The Hall–Kier alpha value is -1.88. The first-order valence-corrected chi connectivity index (χ1v) is 6.00. The predicted octanol–water partition coefficient (Wildman–Crippen LogP) is -1.10. The molecule has 0 aromatic carbocycles. The number of fused-ring (bicyclic) bond motifs is 1. The molecular weight excluding hydrogens is 290 g/mol. The molecule has 1 fully saturated rings. The van der Waals surface area contributed by atoms with Crippen LogP contribution in [0, 0.1) is 5.82 Å². The van der Waals surface area contributed by atoms with Crippen molar-refractivity contribution in [2.24, 2.45) is 0 Å². The van der Waals surface area contributed by atoms with Crippen LogP contribution in [0.1, 0.15) is 11.8 Å². The lowest BCUT2D eigenvalue weighted by atomic mass is 10.1. The van der Waals surface area contributed by atoms with Crippen LogP contribution in [-0.4, -0.2) is 54.6 Å². The van der Waals surface area contributed by atoms with Crippen molar-refractivity contribution in [3.05, 3.63) is 23.9 Å². The van der Waals surface area contributed by atoms with Crippen molar-refractivity contribution >= 4 is 11.3 Å². The molecule has 114 valence electrons. The van der Waals surface area contributed by atoms with E-state index >= 15 is 0 Å². The molecule has 0 aliphatic carbocycles.